The van der Waals surface area contributed by atoms with Crippen LogP contribution in [0, 0.1) is 12.8 Å². The van der Waals surface area contributed by atoms with E-state index in [-0.39, 0.29) is 11.8 Å². The van der Waals surface area contributed by atoms with Crippen molar-refractivity contribution in [2.45, 2.75) is 46.1 Å². The lowest BCUT2D eigenvalue weighted by Gasteiger charge is -2.20. The second-order valence-corrected chi connectivity index (χ2v) is 5.94. The molecule has 0 aliphatic heterocycles. The molecule has 2 aromatic rings. The smallest absolute Gasteiger partial charge is 0.224 e. The van der Waals surface area contributed by atoms with Crippen LogP contribution in [-0.4, -0.2) is 28.6 Å². The number of amides is 1. The van der Waals surface area contributed by atoms with Crippen LogP contribution in [0.4, 0.5) is 0 Å². The van der Waals surface area contributed by atoms with Gasteiger partial charge in [0.15, 0.2) is 0 Å². The molecule has 3 N–H and O–H groups in total. The third-order valence-corrected chi connectivity index (χ3v) is 4.45. The number of aromatic nitrogens is 1. The van der Waals surface area contributed by atoms with Crippen LogP contribution in [-0.2, 0) is 11.2 Å². The highest BCUT2D eigenvalue weighted by atomic mass is 16.3. The van der Waals surface area contributed by atoms with E-state index in [4.69, 9.17) is 0 Å². The maximum absolute atomic E-state index is 12.1. The lowest BCUT2D eigenvalue weighted by Crippen LogP contribution is -2.36. The second-order valence-electron chi connectivity index (χ2n) is 5.94. The molecule has 0 aliphatic carbocycles. The Morgan fingerprint density at radius 2 is 2.05 bits per heavy atom. The first-order valence-corrected chi connectivity index (χ1v) is 8.07. The predicted octanol–water partition coefficient (Wildman–Crippen LogP) is 2.93. The molecule has 0 radical (unpaired) electrons. The second kappa shape index (κ2) is 7.45. The van der Waals surface area contributed by atoms with E-state index < -0.39 is 6.10 Å². The number of hydrogen-bond acceptors (Lipinski definition) is 2. The van der Waals surface area contributed by atoms with Crippen molar-refractivity contribution in [2.24, 2.45) is 5.92 Å². The number of aliphatic hydroxyl groups is 1. The van der Waals surface area contributed by atoms with Crippen molar-refractivity contribution in [2.75, 3.05) is 6.54 Å². The van der Waals surface area contributed by atoms with Crippen molar-refractivity contribution in [1.29, 1.82) is 0 Å². The summed E-state index contributed by atoms with van der Waals surface area (Å²) < 4.78 is 0. The van der Waals surface area contributed by atoms with Crippen molar-refractivity contribution in [3.05, 3.63) is 35.5 Å². The number of nitrogens with one attached hydrogen (secondary N) is 2. The molecule has 120 valence electrons. The number of aryl methyl sites for hydroxylation is 1. The average molecular weight is 302 g/mol. The number of carbonyl (C=O) groups is 1. The van der Waals surface area contributed by atoms with Crippen LogP contribution < -0.4 is 5.32 Å². The van der Waals surface area contributed by atoms with Gasteiger partial charge in [-0.25, -0.2) is 0 Å². The Bertz CT molecular complexity index is 629. The SMILES string of the molecule is CCC(CC)C(O)CNC(=O)Cc1c[nH]c2cccc(C)c12. The Morgan fingerprint density at radius 1 is 1.32 bits per heavy atom. The van der Waals surface area contributed by atoms with Crippen LogP contribution in [0.3, 0.4) is 0 Å². The number of rotatable bonds is 7. The van der Waals surface area contributed by atoms with Gasteiger partial charge in [0.25, 0.3) is 0 Å². The van der Waals surface area contributed by atoms with Gasteiger partial charge in [-0.05, 0) is 30.0 Å². The van der Waals surface area contributed by atoms with Gasteiger partial charge >= 0.3 is 0 Å². The van der Waals surface area contributed by atoms with Crippen molar-refractivity contribution in [1.82, 2.24) is 10.3 Å². The number of carbonyl (C=O) groups excluding carboxylic acids is 1. The molecule has 4 heteroatoms. The summed E-state index contributed by atoms with van der Waals surface area (Å²) >= 11 is 0. The first kappa shape index (κ1) is 16.6. The molecular weight excluding hydrogens is 276 g/mol. The lowest BCUT2D eigenvalue weighted by molar-refractivity contribution is -0.121. The minimum Gasteiger partial charge on any atom is -0.391 e. The zero-order valence-corrected chi connectivity index (χ0v) is 13.6. The lowest BCUT2D eigenvalue weighted by atomic mass is 9.96. The summed E-state index contributed by atoms with van der Waals surface area (Å²) in [6, 6.07) is 6.07. The Kier molecular flexibility index (Phi) is 5.61. The van der Waals surface area contributed by atoms with Crippen molar-refractivity contribution in [3.63, 3.8) is 0 Å². The van der Waals surface area contributed by atoms with E-state index in [9.17, 15) is 9.90 Å². The normalized spacial score (nSPS) is 12.8. The third-order valence-electron chi connectivity index (χ3n) is 4.45. The van der Waals surface area contributed by atoms with Gasteiger partial charge in [0.05, 0.1) is 12.5 Å². The summed E-state index contributed by atoms with van der Waals surface area (Å²) in [6.45, 7) is 6.50. The summed E-state index contributed by atoms with van der Waals surface area (Å²) in [5.41, 5.74) is 3.22. The average Bonchev–Trinajstić information content (AvgIpc) is 2.91. The molecule has 2 rings (SSSR count). The molecule has 0 fully saturated rings. The topological polar surface area (TPSA) is 65.1 Å². The van der Waals surface area contributed by atoms with Gasteiger partial charge in [0.1, 0.15) is 0 Å². The molecule has 1 heterocycles. The molecule has 4 nitrogen and oxygen atoms in total. The molecular formula is C18H26N2O2. The van der Waals surface area contributed by atoms with Gasteiger partial charge in [0, 0.05) is 23.6 Å². The summed E-state index contributed by atoms with van der Waals surface area (Å²) in [4.78, 5) is 15.3. The summed E-state index contributed by atoms with van der Waals surface area (Å²) in [6.07, 6.45) is 3.61. The predicted molar refractivity (Wildman–Crippen MR) is 89.8 cm³/mol. The maximum atomic E-state index is 12.1. The molecule has 0 spiro atoms. The first-order chi connectivity index (χ1) is 10.6. The first-order valence-electron chi connectivity index (χ1n) is 8.07. The fourth-order valence-corrected chi connectivity index (χ4v) is 3.04. The largest absolute Gasteiger partial charge is 0.391 e. The van der Waals surface area contributed by atoms with E-state index in [1.54, 1.807) is 0 Å². The molecule has 1 aromatic carbocycles. The maximum Gasteiger partial charge on any atom is 0.224 e. The van der Waals surface area contributed by atoms with Crippen molar-refractivity contribution in [3.8, 4) is 0 Å². The van der Waals surface area contributed by atoms with Gasteiger partial charge < -0.3 is 15.4 Å². The quantitative estimate of drug-likeness (QED) is 0.736. The van der Waals surface area contributed by atoms with Crippen LogP contribution in [0.2, 0.25) is 0 Å². The Balaban J connectivity index is 1.97. The zero-order valence-electron chi connectivity index (χ0n) is 13.6. The van der Waals surface area contributed by atoms with E-state index in [1.165, 1.54) is 5.56 Å². The highest BCUT2D eigenvalue weighted by Gasteiger charge is 2.17. The monoisotopic (exact) mass is 302 g/mol. The summed E-state index contributed by atoms with van der Waals surface area (Å²) in [5, 5.41) is 14.1. The van der Waals surface area contributed by atoms with Gasteiger partial charge in [-0.15, -0.1) is 0 Å². The molecule has 1 aromatic heterocycles. The zero-order chi connectivity index (χ0) is 16.1. The highest BCUT2D eigenvalue weighted by molar-refractivity contribution is 5.91. The Morgan fingerprint density at radius 3 is 2.73 bits per heavy atom. The molecule has 1 unspecified atom stereocenters. The van der Waals surface area contributed by atoms with Crippen LogP contribution in [0.15, 0.2) is 24.4 Å². The van der Waals surface area contributed by atoms with E-state index in [0.29, 0.717) is 13.0 Å². The van der Waals surface area contributed by atoms with E-state index in [2.05, 4.69) is 37.1 Å². The van der Waals surface area contributed by atoms with Gasteiger partial charge in [0.2, 0.25) is 5.91 Å². The van der Waals surface area contributed by atoms with Gasteiger partial charge in [-0.2, -0.15) is 0 Å². The standard InChI is InChI=1S/C18H26N2O2/c1-4-13(5-2)16(21)11-20-17(22)9-14-10-19-15-8-6-7-12(3)18(14)15/h6-8,10,13,16,19,21H,4-5,9,11H2,1-3H3,(H,20,22). The molecule has 1 amide bonds. The molecule has 0 saturated heterocycles. The highest BCUT2D eigenvalue weighted by Crippen LogP contribution is 2.22. The number of aromatic amines is 1. The number of aliphatic hydroxyl groups excluding tert-OH is 1. The fraction of sp³-hybridized carbons (Fsp3) is 0.500. The molecule has 1 atom stereocenters. The summed E-state index contributed by atoms with van der Waals surface area (Å²) in [7, 11) is 0. The van der Waals surface area contributed by atoms with Crippen LogP contribution in [0.5, 0.6) is 0 Å². The fourth-order valence-electron chi connectivity index (χ4n) is 3.04. The third kappa shape index (κ3) is 3.69. The molecule has 0 aliphatic rings. The van der Waals surface area contributed by atoms with Crippen LogP contribution in [0.1, 0.15) is 37.8 Å². The minimum atomic E-state index is -0.469. The van der Waals surface area contributed by atoms with Gasteiger partial charge in [-0.3, -0.25) is 4.79 Å². The number of benzene rings is 1. The molecule has 0 bridgehead atoms. The van der Waals surface area contributed by atoms with Crippen LogP contribution in [0.25, 0.3) is 10.9 Å². The number of hydrogen-bond donors (Lipinski definition) is 3. The number of H-pyrrole nitrogens is 1. The van der Waals surface area contributed by atoms with E-state index >= 15 is 0 Å². The van der Waals surface area contributed by atoms with Gasteiger partial charge in [-0.1, -0.05) is 38.8 Å². The summed E-state index contributed by atoms with van der Waals surface area (Å²) in [5.74, 6) is 0.199. The van der Waals surface area contributed by atoms with Crippen molar-refractivity contribution < 1.29 is 9.90 Å². The van der Waals surface area contributed by atoms with Crippen LogP contribution >= 0.6 is 0 Å². The Hall–Kier alpha value is -1.81. The van der Waals surface area contributed by atoms with E-state index in [0.717, 1.165) is 29.3 Å². The molecule has 22 heavy (non-hydrogen) atoms. The van der Waals surface area contributed by atoms with E-state index in [1.807, 2.05) is 18.3 Å². The number of fused-ring (bicyclic) bond motifs is 1. The minimum absolute atomic E-state index is 0.0471. The molecule has 0 saturated carbocycles. The Labute approximate surface area is 131 Å². The van der Waals surface area contributed by atoms with Crippen molar-refractivity contribution >= 4 is 16.8 Å².